The van der Waals surface area contributed by atoms with Crippen LogP contribution in [-0.2, 0) is 29.7 Å². The number of tetrazole rings is 1. The van der Waals surface area contributed by atoms with E-state index in [1.807, 2.05) is 49.5 Å². The SMILES string of the molecule is Cn1nnnc1SCC1CC(c2ccc(CO)cc2)OC(c2cccc(-c3cccc(CNC(=O)NC45CC6CC(CC(C6)C4)C5)c3)c2)O1. The Morgan fingerprint density at radius 1 is 0.898 bits per heavy atom. The molecule has 49 heavy (non-hydrogen) atoms. The fourth-order valence-electron chi connectivity index (χ4n) is 8.99. The van der Waals surface area contributed by atoms with Gasteiger partial charge in [0.05, 0.1) is 18.8 Å². The molecule has 4 bridgehead atoms. The van der Waals surface area contributed by atoms with Gasteiger partial charge in [0, 0.05) is 36.9 Å². The predicted octanol–water partition coefficient (Wildman–Crippen LogP) is 6.48. The molecule has 1 aliphatic heterocycles. The van der Waals surface area contributed by atoms with Gasteiger partial charge in [0.15, 0.2) is 6.29 Å². The van der Waals surface area contributed by atoms with E-state index in [1.54, 1.807) is 16.4 Å². The van der Waals surface area contributed by atoms with E-state index in [1.165, 1.54) is 19.3 Å². The van der Waals surface area contributed by atoms with Crippen molar-refractivity contribution in [3.63, 3.8) is 0 Å². The largest absolute Gasteiger partial charge is 0.392 e. The van der Waals surface area contributed by atoms with E-state index < -0.39 is 6.29 Å². The number of aliphatic hydroxyl groups excluding tert-OH is 1. The maximum Gasteiger partial charge on any atom is 0.315 e. The highest BCUT2D eigenvalue weighted by Crippen LogP contribution is 2.55. The summed E-state index contributed by atoms with van der Waals surface area (Å²) in [4.78, 5) is 13.1. The third kappa shape index (κ3) is 7.26. The monoisotopic (exact) mass is 680 g/mol. The van der Waals surface area contributed by atoms with Crippen LogP contribution in [0.25, 0.3) is 11.1 Å². The molecule has 1 saturated heterocycles. The molecule has 3 unspecified atom stereocenters. The number of ether oxygens (including phenoxy) is 2. The van der Waals surface area contributed by atoms with E-state index in [0.29, 0.717) is 18.7 Å². The molecule has 5 fully saturated rings. The predicted molar refractivity (Wildman–Crippen MR) is 186 cm³/mol. The normalized spacial score (nSPS) is 28.8. The van der Waals surface area contributed by atoms with Crippen LogP contribution in [-0.4, -0.2) is 48.7 Å². The minimum absolute atomic E-state index is 0.00162. The smallest absolute Gasteiger partial charge is 0.315 e. The van der Waals surface area contributed by atoms with Crippen molar-refractivity contribution in [2.24, 2.45) is 24.8 Å². The fraction of sp³-hybridized carbons (Fsp3) is 0.474. The number of carbonyl (C=O) groups excluding carboxylic acids is 1. The Kier molecular flexibility index (Phi) is 9.17. The lowest BCUT2D eigenvalue weighted by Crippen LogP contribution is -2.61. The number of nitrogens with zero attached hydrogens (tertiary/aromatic N) is 4. The third-order valence-electron chi connectivity index (χ3n) is 10.9. The Hall–Kier alpha value is -3.77. The van der Waals surface area contributed by atoms with Crippen LogP contribution in [0, 0.1) is 17.8 Å². The van der Waals surface area contributed by atoms with E-state index in [9.17, 15) is 9.90 Å². The van der Waals surface area contributed by atoms with Gasteiger partial charge in [-0.1, -0.05) is 72.4 Å². The molecule has 256 valence electrons. The number of aryl methyl sites for hydroxylation is 1. The summed E-state index contributed by atoms with van der Waals surface area (Å²) in [5, 5.41) is 28.7. The molecule has 2 amide bonds. The summed E-state index contributed by atoms with van der Waals surface area (Å²) in [5.74, 6) is 3.04. The molecule has 3 aromatic carbocycles. The molecule has 10 nitrogen and oxygen atoms in total. The summed E-state index contributed by atoms with van der Waals surface area (Å²) in [6.07, 6.45) is 7.31. The molecule has 2 heterocycles. The number of carbonyl (C=O) groups is 1. The first-order valence-electron chi connectivity index (χ1n) is 17.5. The molecule has 4 aliphatic carbocycles. The van der Waals surface area contributed by atoms with Gasteiger partial charge in [-0.15, -0.1) is 5.10 Å². The number of benzene rings is 3. The zero-order valence-corrected chi connectivity index (χ0v) is 28.6. The van der Waals surface area contributed by atoms with Gasteiger partial charge in [0.25, 0.3) is 0 Å². The second-order valence-corrected chi connectivity index (χ2v) is 15.6. The second kappa shape index (κ2) is 13.9. The maximum absolute atomic E-state index is 13.1. The summed E-state index contributed by atoms with van der Waals surface area (Å²) in [6, 6.07) is 24.5. The molecule has 4 saturated carbocycles. The summed E-state index contributed by atoms with van der Waals surface area (Å²) < 4.78 is 14.8. The first kappa shape index (κ1) is 32.4. The molecule has 9 rings (SSSR count). The van der Waals surface area contributed by atoms with Crippen LogP contribution in [0.4, 0.5) is 4.79 Å². The lowest BCUT2D eigenvalue weighted by atomic mass is 9.53. The Morgan fingerprint density at radius 2 is 1.61 bits per heavy atom. The van der Waals surface area contributed by atoms with Crippen molar-refractivity contribution in [3.05, 3.63) is 95.1 Å². The molecule has 0 spiro atoms. The summed E-state index contributed by atoms with van der Waals surface area (Å²) in [7, 11) is 1.83. The number of aromatic nitrogens is 4. The quantitative estimate of drug-likeness (QED) is 0.163. The number of rotatable bonds is 10. The molecule has 0 radical (unpaired) electrons. The molecular formula is C38H44N6O4S. The van der Waals surface area contributed by atoms with Crippen LogP contribution >= 0.6 is 11.8 Å². The first-order valence-corrected chi connectivity index (χ1v) is 18.5. The molecule has 3 N–H and O–H groups in total. The van der Waals surface area contributed by atoms with Crippen molar-refractivity contribution in [3.8, 4) is 11.1 Å². The number of thioether (sulfide) groups is 1. The van der Waals surface area contributed by atoms with Gasteiger partial charge in [-0.2, -0.15) is 0 Å². The Balaban J connectivity index is 0.952. The van der Waals surface area contributed by atoms with Crippen molar-refractivity contribution >= 4 is 17.8 Å². The Labute approximate surface area is 291 Å². The molecular weight excluding hydrogens is 637 g/mol. The minimum atomic E-state index is -0.572. The lowest BCUT2D eigenvalue weighted by molar-refractivity contribution is -0.245. The van der Waals surface area contributed by atoms with Crippen LogP contribution < -0.4 is 10.6 Å². The van der Waals surface area contributed by atoms with Gasteiger partial charge in [0.1, 0.15) is 0 Å². The number of hydrogen-bond acceptors (Lipinski definition) is 8. The number of aliphatic hydroxyl groups is 1. The van der Waals surface area contributed by atoms with Gasteiger partial charge in [-0.3, -0.25) is 0 Å². The van der Waals surface area contributed by atoms with Gasteiger partial charge >= 0.3 is 6.03 Å². The summed E-state index contributed by atoms with van der Waals surface area (Å²) in [6.45, 7) is 0.472. The standard InChI is InChI=1S/C38H44N6O4S/c1-44-37(41-42-43-44)49-23-33-17-34(29-10-8-24(22-45)9-11-29)48-35(47-33)32-7-3-6-31(16-32)30-5-2-4-25(15-30)21-39-36(46)40-38-18-26-12-27(19-38)14-28(13-26)20-38/h2-11,15-16,26-28,33-35,45H,12-14,17-23H2,1H3,(H2,39,40,46). The van der Waals surface area contributed by atoms with Crippen LogP contribution in [0.5, 0.6) is 0 Å². The van der Waals surface area contributed by atoms with Gasteiger partial charge in [-0.25, -0.2) is 9.48 Å². The third-order valence-corrected chi connectivity index (χ3v) is 12.0. The van der Waals surface area contributed by atoms with E-state index in [4.69, 9.17) is 9.47 Å². The Morgan fingerprint density at radius 3 is 2.31 bits per heavy atom. The maximum atomic E-state index is 13.1. The van der Waals surface area contributed by atoms with Crippen LogP contribution in [0.1, 0.15) is 79.6 Å². The van der Waals surface area contributed by atoms with Gasteiger partial charge < -0.3 is 25.2 Å². The minimum Gasteiger partial charge on any atom is -0.392 e. The van der Waals surface area contributed by atoms with E-state index >= 15 is 0 Å². The molecule has 5 aliphatic rings. The molecule has 3 atom stereocenters. The fourth-order valence-corrected chi connectivity index (χ4v) is 9.86. The van der Waals surface area contributed by atoms with Crippen molar-refractivity contribution in [1.82, 2.24) is 30.8 Å². The first-order chi connectivity index (χ1) is 23.9. The molecule has 4 aromatic rings. The highest BCUT2D eigenvalue weighted by molar-refractivity contribution is 7.99. The van der Waals surface area contributed by atoms with Crippen molar-refractivity contribution in [1.29, 1.82) is 0 Å². The van der Waals surface area contributed by atoms with Gasteiger partial charge in [0.2, 0.25) is 5.16 Å². The highest BCUT2D eigenvalue weighted by atomic mass is 32.2. The Bertz CT molecular complexity index is 1740. The number of urea groups is 1. The van der Waals surface area contributed by atoms with Crippen molar-refractivity contribution in [2.45, 2.75) is 87.3 Å². The number of amides is 2. The van der Waals surface area contributed by atoms with Crippen LogP contribution in [0.3, 0.4) is 0 Å². The van der Waals surface area contributed by atoms with Crippen molar-refractivity contribution in [2.75, 3.05) is 5.75 Å². The zero-order valence-electron chi connectivity index (χ0n) is 27.8. The molecule has 1 aromatic heterocycles. The van der Waals surface area contributed by atoms with E-state index in [0.717, 1.165) is 75.6 Å². The zero-order chi connectivity index (χ0) is 33.4. The van der Waals surface area contributed by atoms with Crippen molar-refractivity contribution < 1.29 is 19.4 Å². The summed E-state index contributed by atoms with van der Waals surface area (Å²) >= 11 is 1.56. The van der Waals surface area contributed by atoms with E-state index in [2.05, 4.69) is 56.5 Å². The lowest BCUT2D eigenvalue weighted by Gasteiger charge is -2.56. The summed E-state index contributed by atoms with van der Waals surface area (Å²) in [5.41, 5.74) is 6.01. The van der Waals surface area contributed by atoms with Gasteiger partial charge in [-0.05, 0) is 107 Å². The average Bonchev–Trinajstić information content (AvgIpc) is 3.53. The van der Waals surface area contributed by atoms with Crippen LogP contribution in [0.15, 0.2) is 78.0 Å². The number of nitrogens with one attached hydrogen (secondary N) is 2. The second-order valence-electron chi connectivity index (χ2n) is 14.6. The molecule has 11 heteroatoms. The van der Waals surface area contributed by atoms with E-state index in [-0.39, 0.29) is 30.4 Å². The van der Waals surface area contributed by atoms with Crippen LogP contribution in [0.2, 0.25) is 0 Å². The highest BCUT2D eigenvalue weighted by Gasteiger charge is 2.51. The average molecular weight is 681 g/mol. The topological polar surface area (TPSA) is 123 Å². The number of hydrogen-bond donors (Lipinski definition) is 3.